The second kappa shape index (κ2) is 4.71. The van der Waals surface area contributed by atoms with Gasteiger partial charge in [0.25, 0.3) is 0 Å². The molecule has 0 aromatic heterocycles. The Hall–Kier alpha value is -0.570. The van der Waals surface area contributed by atoms with Crippen LogP contribution in [0.1, 0.15) is 53.4 Å². The molecule has 0 radical (unpaired) electrons. The highest BCUT2D eigenvalue weighted by molar-refractivity contribution is 5.85. The highest BCUT2D eigenvalue weighted by atomic mass is 16.2. The number of rotatable bonds is 4. The van der Waals surface area contributed by atoms with Gasteiger partial charge in [0.1, 0.15) is 0 Å². The third kappa shape index (κ3) is 1.99. The van der Waals surface area contributed by atoms with Crippen molar-refractivity contribution >= 4 is 5.91 Å². The lowest BCUT2D eigenvalue weighted by Crippen LogP contribution is -2.44. The number of fused-ring (bicyclic) bond motifs is 5. The van der Waals surface area contributed by atoms with E-state index in [1.807, 2.05) is 0 Å². The first-order chi connectivity index (χ1) is 9.99. The maximum absolute atomic E-state index is 13.0. The molecule has 6 unspecified atom stereocenters. The van der Waals surface area contributed by atoms with Gasteiger partial charge < -0.3 is 4.90 Å². The van der Waals surface area contributed by atoms with Crippen molar-refractivity contribution in [2.75, 3.05) is 0 Å². The second-order valence-corrected chi connectivity index (χ2v) is 8.76. The van der Waals surface area contributed by atoms with E-state index in [2.05, 4.69) is 37.9 Å². The normalized spacial score (nSPS) is 47.8. The highest BCUT2D eigenvalue weighted by Gasteiger charge is 2.69. The van der Waals surface area contributed by atoms with Crippen LogP contribution >= 0.6 is 0 Å². The SMILES string of the molecule is CC(C)CC1NC(C(C)C)N(C2C3C4CCC(C4)C32)C1=O. The monoisotopic (exact) mass is 290 g/mol. The fourth-order valence-electron chi connectivity index (χ4n) is 5.81. The predicted molar refractivity (Wildman–Crippen MR) is 83.4 cm³/mol. The molecule has 3 aliphatic carbocycles. The first-order valence-corrected chi connectivity index (χ1v) is 9.07. The molecule has 6 atom stereocenters. The highest BCUT2D eigenvalue weighted by Crippen LogP contribution is 2.67. The molecule has 0 aromatic rings. The standard InChI is InChI=1S/C18H30N2O/c1-9(2)7-13-18(21)20(17(19-13)10(3)4)16-14-11-5-6-12(8-11)15(14)16/h9-17,19H,5-8H2,1-4H3. The fourth-order valence-corrected chi connectivity index (χ4v) is 5.81. The molecular formula is C18H30N2O. The van der Waals surface area contributed by atoms with Crippen LogP contribution < -0.4 is 5.32 Å². The summed E-state index contributed by atoms with van der Waals surface area (Å²) in [5, 5.41) is 3.66. The summed E-state index contributed by atoms with van der Waals surface area (Å²) in [6, 6.07) is 0.650. The Bertz CT molecular complexity index is 430. The topological polar surface area (TPSA) is 32.3 Å². The Balaban J connectivity index is 1.54. The average molecular weight is 290 g/mol. The molecule has 1 aliphatic heterocycles. The lowest BCUT2D eigenvalue weighted by atomic mass is 10.0. The Morgan fingerprint density at radius 1 is 1.14 bits per heavy atom. The molecule has 21 heavy (non-hydrogen) atoms. The third-order valence-electron chi connectivity index (χ3n) is 6.58. The second-order valence-electron chi connectivity index (χ2n) is 8.76. The zero-order chi connectivity index (χ0) is 14.9. The number of hydrogen-bond donors (Lipinski definition) is 1. The summed E-state index contributed by atoms with van der Waals surface area (Å²) < 4.78 is 0. The van der Waals surface area contributed by atoms with Crippen LogP contribution in [-0.2, 0) is 4.79 Å². The molecule has 4 fully saturated rings. The molecule has 0 spiro atoms. The Morgan fingerprint density at radius 2 is 1.76 bits per heavy atom. The molecule has 1 amide bonds. The van der Waals surface area contributed by atoms with Gasteiger partial charge in [0.2, 0.25) is 5.91 Å². The van der Waals surface area contributed by atoms with E-state index in [1.54, 1.807) is 0 Å². The van der Waals surface area contributed by atoms with Crippen molar-refractivity contribution in [1.29, 1.82) is 0 Å². The molecule has 118 valence electrons. The molecule has 1 N–H and O–H groups in total. The average Bonchev–Trinajstić information content (AvgIpc) is 2.73. The molecule has 1 saturated heterocycles. The van der Waals surface area contributed by atoms with Crippen molar-refractivity contribution in [1.82, 2.24) is 10.2 Å². The van der Waals surface area contributed by atoms with E-state index in [-0.39, 0.29) is 12.2 Å². The van der Waals surface area contributed by atoms with E-state index in [1.165, 1.54) is 19.3 Å². The van der Waals surface area contributed by atoms with Crippen LogP contribution in [0, 0.1) is 35.5 Å². The van der Waals surface area contributed by atoms with Gasteiger partial charge in [-0.25, -0.2) is 0 Å². The summed E-state index contributed by atoms with van der Waals surface area (Å²) in [4.78, 5) is 15.3. The van der Waals surface area contributed by atoms with E-state index in [4.69, 9.17) is 0 Å². The number of hydrogen-bond acceptors (Lipinski definition) is 2. The van der Waals surface area contributed by atoms with Gasteiger partial charge in [0.15, 0.2) is 0 Å². The zero-order valence-electron chi connectivity index (χ0n) is 13.9. The van der Waals surface area contributed by atoms with Gasteiger partial charge in [-0.3, -0.25) is 10.1 Å². The van der Waals surface area contributed by atoms with Crippen molar-refractivity contribution in [3.63, 3.8) is 0 Å². The summed E-state index contributed by atoms with van der Waals surface area (Å²) in [7, 11) is 0. The smallest absolute Gasteiger partial charge is 0.241 e. The van der Waals surface area contributed by atoms with Crippen LogP contribution in [0.2, 0.25) is 0 Å². The number of nitrogens with one attached hydrogen (secondary N) is 1. The van der Waals surface area contributed by atoms with E-state index < -0.39 is 0 Å². The minimum Gasteiger partial charge on any atom is -0.322 e. The van der Waals surface area contributed by atoms with Gasteiger partial charge in [0.05, 0.1) is 12.2 Å². The molecule has 4 rings (SSSR count). The van der Waals surface area contributed by atoms with E-state index in [9.17, 15) is 4.79 Å². The molecule has 3 heteroatoms. The molecule has 2 bridgehead atoms. The van der Waals surface area contributed by atoms with Crippen LogP contribution in [0.15, 0.2) is 0 Å². The van der Waals surface area contributed by atoms with Gasteiger partial charge in [0, 0.05) is 6.04 Å². The minimum atomic E-state index is 0.0661. The Kier molecular flexibility index (Phi) is 3.15. The summed E-state index contributed by atoms with van der Waals surface area (Å²) in [6.45, 7) is 8.94. The Morgan fingerprint density at radius 3 is 2.29 bits per heavy atom. The molecular weight excluding hydrogens is 260 g/mol. The summed E-state index contributed by atoms with van der Waals surface area (Å²) in [5.41, 5.74) is 0. The first-order valence-electron chi connectivity index (χ1n) is 9.07. The van der Waals surface area contributed by atoms with Crippen molar-refractivity contribution in [3.05, 3.63) is 0 Å². The maximum atomic E-state index is 13.0. The summed E-state index contributed by atoms with van der Waals surface area (Å²) >= 11 is 0. The number of carbonyl (C=O) groups excluding carboxylic acids is 1. The van der Waals surface area contributed by atoms with Gasteiger partial charge in [-0.05, 0) is 61.2 Å². The molecule has 3 saturated carbocycles. The van der Waals surface area contributed by atoms with E-state index in [0.717, 1.165) is 30.1 Å². The Labute approximate surface area is 128 Å². The first kappa shape index (κ1) is 14.0. The largest absolute Gasteiger partial charge is 0.322 e. The van der Waals surface area contributed by atoms with E-state index >= 15 is 0 Å². The number of amides is 1. The van der Waals surface area contributed by atoms with Crippen LogP contribution in [0.3, 0.4) is 0 Å². The molecule has 4 aliphatic rings. The predicted octanol–water partition coefficient (Wildman–Crippen LogP) is 2.86. The van der Waals surface area contributed by atoms with Crippen molar-refractivity contribution in [3.8, 4) is 0 Å². The number of nitrogens with zero attached hydrogens (tertiary/aromatic N) is 1. The summed E-state index contributed by atoms with van der Waals surface area (Å²) in [6.07, 6.45) is 5.58. The maximum Gasteiger partial charge on any atom is 0.241 e. The van der Waals surface area contributed by atoms with Crippen LogP contribution in [0.4, 0.5) is 0 Å². The lowest BCUT2D eigenvalue weighted by molar-refractivity contribution is -0.132. The van der Waals surface area contributed by atoms with Crippen molar-refractivity contribution < 1.29 is 4.79 Å². The minimum absolute atomic E-state index is 0.0661. The van der Waals surface area contributed by atoms with Gasteiger partial charge in [-0.15, -0.1) is 0 Å². The third-order valence-corrected chi connectivity index (χ3v) is 6.58. The molecule has 3 nitrogen and oxygen atoms in total. The van der Waals surface area contributed by atoms with E-state index in [0.29, 0.717) is 23.8 Å². The lowest BCUT2D eigenvalue weighted by Gasteiger charge is -2.29. The van der Waals surface area contributed by atoms with Crippen molar-refractivity contribution in [2.24, 2.45) is 35.5 Å². The van der Waals surface area contributed by atoms with Gasteiger partial charge >= 0.3 is 0 Å². The van der Waals surface area contributed by atoms with Crippen molar-refractivity contribution in [2.45, 2.75) is 71.6 Å². The molecule has 1 heterocycles. The van der Waals surface area contributed by atoms with Gasteiger partial charge in [-0.1, -0.05) is 27.7 Å². The van der Waals surface area contributed by atoms with Crippen LogP contribution in [-0.4, -0.2) is 29.1 Å². The van der Waals surface area contributed by atoms with Crippen LogP contribution in [0.25, 0.3) is 0 Å². The summed E-state index contributed by atoms with van der Waals surface area (Å²) in [5.74, 6) is 5.08. The molecule has 0 aromatic carbocycles. The van der Waals surface area contributed by atoms with Crippen LogP contribution in [0.5, 0.6) is 0 Å². The fraction of sp³-hybridized carbons (Fsp3) is 0.944. The van der Waals surface area contributed by atoms with Gasteiger partial charge in [-0.2, -0.15) is 0 Å². The number of carbonyl (C=O) groups is 1. The zero-order valence-corrected chi connectivity index (χ0v) is 13.9. The quantitative estimate of drug-likeness (QED) is 0.863.